The summed E-state index contributed by atoms with van der Waals surface area (Å²) in [6, 6.07) is 14.8. The first-order valence-electron chi connectivity index (χ1n) is 10.4. The Morgan fingerprint density at radius 3 is 2.74 bits per heavy atom. The van der Waals surface area contributed by atoms with E-state index in [9.17, 15) is 9.59 Å². The Labute approximate surface area is 190 Å². The van der Waals surface area contributed by atoms with Crippen LogP contribution >= 0.6 is 22.7 Å². The third-order valence-electron chi connectivity index (χ3n) is 5.47. The normalized spacial score (nSPS) is 17.4. The second-order valence-electron chi connectivity index (χ2n) is 7.76. The summed E-state index contributed by atoms with van der Waals surface area (Å²) in [7, 11) is 0. The minimum Gasteiger partial charge on any atom is -0.352 e. The van der Waals surface area contributed by atoms with Gasteiger partial charge in [0.25, 0.3) is 0 Å². The summed E-state index contributed by atoms with van der Waals surface area (Å²) < 4.78 is 0. The van der Waals surface area contributed by atoms with Crippen molar-refractivity contribution in [3.8, 4) is 0 Å². The van der Waals surface area contributed by atoms with Crippen molar-refractivity contribution in [2.75, 3.05) is 18.4 Å². The summed E-state index contributed by atoms with van der Waals surface area (Å²) in [5.74, 6) is -0.118. The molecule has 2 aromatic heterocycles. The SMILES string of the molecule is CC(c1ccccc1)N1CCC(NC(=O)Cc2csc(NC(=O)Cc3cccs3)n2)C1. The summed E-state index contributed by atoms with van der Waals surface area (Å²) in [4.78, 5) is 32.4. The first-order chi connectivity index (χ1) is 15.1. The molecule has 1 aliphatic rings. The second kappa shape index (κ2) is 10.2. The molecule has 1 aromatic carbocycles. The molecule has 1 aliphatic heterocycles. The van der Waals surface area contributed by atoms with Gasteiger partial charge in [-0.05, 0) is 30.4 Å². The number of hydrogen-bond donors (Lipinski definition) is 2. The molecule has 6 nitrogen and oxygen atoms in total. The Morgan fingerprint density at radius 1 is 1.13 bits per heavy atom. The van der Waals surface area contributed by atoms with Crippen molar-refractivity contribution in [1.29, 1.82) is 0 Å². The number of aromatic nitrogens is 1. The van der Waals surface area contributed by atoms with Crippen LogP contribution in [0.15, 0.2) is 53.2 Å². The van der Waals surface area contributed by atoms with Gasteiger partial charge in [-0.1, -0.05) is 36.4 Å². The number of carbonyl (C=O) groups is 2. The standard InChI is InChI=1S/C23H26N4O2S2/c1-16(17-6-3-2-4-7-17)27-10-9-18(14-27)24-21(28)12-19-15-31-23(25-19)26-22(29)13-20-8-5-11-30-20/h2-8,11,15-16,18H,9-10,12-14H2,1H3,(H,24,28)(H,25,26,29). The molecule has 8 heteroatoms. The molecule has 2 atom stereocenters. The highest BCUT2D eigenvalue weighted by molar-refractivity contribution is 7.14. The van der Waals surface area contributed by atoms with E-state index in [4.69, 9.17) is 0 Å². The van der Waals surface area contributed by atoms with Gasteiger partial charge < -0.3 is 10.6 Å². The van der Waals surface area contributed by atoms with E-state index in [1.165, 1.54) is 16.9 Å². The van der Waals surface area contributed by atoms with Gasteiger partial charge in [0.05, 0.1) is 18.5 Å². The van der Waals surface area contributed by atoms with Crippen LogP contribution in [0, 0.1) is 0 Å². The smallest absolute Gasteiger partial charge is 0.231 e. The van der Waals surface area contributed by atoms with E-state index in [-0.39, 0.29) is 24.3 Å². The van der Waals surface area contributed by atoms with Crippen LogP contribution in [0.3, 0.4) is 0 Å². The molecule has 0 aliphatic carbocycles. The number of nitrogens with zero attached hydrogens (tertiary/aromatic N) is 2. The monoisotopic (exact) mass is 454 g/mol. The van der Waals surface area contributed by atoms with Crippen LogP contribution in [-0.4, -0.2) is 40.8 Å². The van der Waals surface area contributed by atoms with E-state index in [1.54, 1.807) is 11.3 Å². The number of thiophene rings is 1. The first kappa shape index (κ1) is 21.7. The summed E-state index contributed by atoms with van der Waals surface area (Å²) in [6.45, 7) is 4.03. The minimum atomic E-state index is -0.0913. The molecular weight excluding hydrogens is 428 g/mol. The predicted molar refractivity (Wildman–Crippen MR) is 125 cm³/mol. The van der Waals surface area contributed by atoms with E-state index in [0.717, 1.165) is 24.4 Å². The number of carbonyl (C=O) groups excluding carboxylic acids is 2. The van der Waals surface area contributed by atoms with Crippen LogP contribution in [0.2, 0.25) is 0 Å². The van der Waals surface area contributed by atoms with Gasteiger partial charge in [-0.2, -0.15) is 0 Å². The van der Waals surface area contributed by atoms with Gasteiger partial charge in [0.1, 0.15) is 0 Å². The third-order valence-corrected chi connectivity index (χ3v) is 7.15. The Kier molecular flexibility index (Phi) is 7.11. The molecule has 0 radical (unpaired) electrons. The lowest BCUT2D eigenvalue weighted by molar-refractivity contribution is -0.121. The molecule has 4 rings (SSSR count). The molecule has 31 heavy (non-hydrogen) atoms. The fourth-order valence-electron chi connectivity index (χ4n) is 3.82. The van der Waals surface area contributed by atoms with Crippen LogP contribution < -0.4 is 10.6 Å². The van der Waals surface area contributed by atoms with Crippen LogP contribution in [0.25, 0.3) is 0 Å². The number of benzene rings is 1. The van der Waals surface area contributed by atoms with Crippen molar-refractivity contribution in [2.24, 2.45) is 0 Å². The van der Waals surface area contributed by atoms with Crippen molar-refractivity contribution in [2.45, 2.75) is 38.3 Å². The zero-order valence-corrected chi connectivity index (χ0v) is 19.0. The maximum atomic E-state index is 12.5. The summed E-state index contributed by atoms with van der Waals surface area (Å²) in [6.07, 6.45) is 1.51. The fraction of sp³-hybridized carbons (Fsp3) is 0.348. The zero-order valence-electron chi connectivity index (χ0n) is 17.4. The summed E-state index contributed by atoms with van der Waals surface area (Å²) in [5.41, 5.74) is 1.98. The molecule has 162 valence electrons. The molecule has 2 unspecified atom stereocenters. The van der Waals surface area contributed by atoms with E-state index in [0.29, 0.717) is 23.3 Å². The lowest BCUT2D eigenvalue weighted by atomic mass is 10.1. The summed E-state index contributed by atoms with van der Waals surface area (Å²) >= 11 is 2.91. The molecule has 2 amide bonds. The van der Waals surface area contributed by atoms with Crippen molar-refractivity contribution in [3.63, 3.8) is 0 Å². The third kappa shape index (κ3) is 6.00. The van der Waals surface area contributed by atoms with E-state index >= 15 is 0 Å². The number of anilines is 1. The average molecular weight is 455 g/mol. The van der Waals surface area contributed by atoms with Crippen LogP contribution in [0.1, 0.15) is 35.5 Å². The molecule has 3 heterocycles. The Bertz CT molecular complexity index is 1000. The van der Waals surface area contributed by atoms with Gasteiger partial charge >= 0.3 is 0 Å². The van der Waals surface area contributed by atoms with E-state index in [1.807, 2.05) is 29.0 Å². The van der Waals surface area contributed by atoms with Crippen molar-refractivity contribution < 1.29 is 9.59 Å². The van der Waals surface area contributed by atoms with Crippen molar-refractivity contribution in [1.82, 2.24) is 15.2 Å². The molecule has 0 bridgehead atoms. The van der Waals surface area contributed by atoms with Gasteiger partial charge in [-0.3, -0.25) is 14.5 Å². The highest BCUT2D eigenvalue weighted by Gasteiger charge is 2.27. The molecule has 1 fully saturated rings. The average Bonchev–Trinajstić information content (AvgIpc) is 3.51. The highest BCUT2D eigenvalue weighted by Crippen LogP contribution is 2.24. The van der Waals surface area contributed by atoms with E-state index in [2.05, 4.69) is 51.7 Å². The molecule has 0 saturated carbocycles. The fourth-order valence-corrected chi connectivity index (χ4v) is 5.25. The number of amides is 2. The Hall–Kier alpha value is -2.55. The number of hydrogen-bond acceptors (Lipinski definition) is 6. The van der Waals surface area contributed by atoms with Gasteiger partial charge in [0, 0.05) is 35.4 Å². The van der Waals surface area contributed by atoms with Gasteiger partial charge in [-0.15, -0.1) is 22.7 Å². The topological polar surface area (TPSA) is 74.3 Å². The number of likely N-dealkylation sites (tertiary alicyclic amines) is 1. The quantitative estimate of drug-likeness (QED) is 0.542. The first-order valence-corrected chi connectivity index (χ1v) is 12.2. The second-order valence-corrected chi connectivity index (χ2v) is 9.65. The number of rotatable bonds is 8. The minimum absolute atomic E-state index is 0.0269. The van der Waals surface area contributed by atoms with Crippen LogP contribution in [0.5, 0.6) is 0 Å². The Balaban J connectivity index is 1.23. The Morgan fingerprint density at radius 2 is 1.97 bits per heavy atom. The molecule has 1 saturated heterocycles. The maximum Gasteiger partial charge on any atom is 0.231 e. The van der Waals surface area contributed by atoms with Crippen molar-refractivity contribution >= 4 is 39.6 Å². The number of nitrogens with one attached hydrogen (secondary N) is 2. The lowest BCUT2D eigenvalue weighted by Gasteiger charge is -2.24. The molecule has 0 spiro atoms. The largest absolute Gasteiger partial charge is 0.352 e. The number of thiazole rings is 1. The van der Waals surface area contributed by atoms with Gasteiger partial charge in [-0.25, -0.2) is 4.98 Å². The summed E-state index contributed by atoms with van der Waals surface area (Å²) in [5, 5.41) is 10.3. The zero-order chi connectivity index (χ0) is 21.6. The van der Waals surface area contributed by atoms with Gasteiger partial charge in [0.2, 0.25) is 11.8 Å². The van der Waals surface area contributed by atoms with Crippen LogP contribution in [0.4, 0.5) is 5.13 Å². The molecular formula is C23H26N4O2S2. The molecule has 2 N–H and O–H groups in total. The lowest BCUT2D eigenvalue weighted by Crippen LogP contribution is -2.38. The maximum absolute atomic E-state index is 12.5. The van der Waals surface area contributed by atoms with Crippen molar-refractivity contribution in [3.05, 3.63) is 69.4 Å². The van der Waals surface area contributed by atoms with Gasteiger partial charge in [0.15, 0.2) is 5.13 Å². The predicted octanol–water partition coefficient (Wildman–Crippen LogP) is 3.88. The molecule has 3 aromatic rings. The highest BCUT2D eigenvalue weighted by atomic mass is 32.1. The van der Waals surface area contributed by atoms with Crippen LogP contribution in [-0.2, 0) is 22.4 Å². The van der Waals surface area contributed by atoms with E-state index < -0.39 is 0 Å².